The smallest absolute Gasteiger partial charge is 0.0195 e. The van der Waals surface area contributed by atoms with Gasteiger partial charge < -0.3 is 5.73 Å². The van der Waals surface area contributed by atoms with Crippen LogP contribution in [-0.4, -0.2) is 7.05 Å². The molecule has 0 fully saturated rings. The molecular weight excluding hydrogens is 242 g/mol. The third kappa shape index (κ3) is 10.1. The zero-order valence-electron chi connectivity index (χ0n) is 13.0. The van der Waals surface area contributed by atoms with Gasteiger partial charge in [-0.25, -0.2) is 0 Å². The zero-order chi connectivity index (χ0) is 15.2. The van der Waals surface area contributed by atoms with Crippen LogP contribution in [0, 0.1) is 6.92 Å². The summed E-state index contributed by atoms with van der Waals surface area (Å²) in [4.78, 5) is 0. The van der Waals surface area contributed by atoms with Gasteiger partial charge >= 0.3 is 0 Å². The van der Waals surface area contributed by atoms with Crippen LogP contribution < -0.4 is 5.73 Å². The van der Waals surface area contributed by atoms with E-state index in [2.05, 4.69) is 55.7 Å². The monoisotopic (exact) mass is 269 g/mol. The number of allylic oxidation sites excluding steroid dienone is 7. The Morgan fingerprint density at radius 3 is 2.20 bits per heavy atom. The van der Waals surface area contributed by atoms with Crippen molar-refractivity contribution in [3.05, 3.63) is 84.0 Å². The van der Waals surface area contributed by atoms with Gasteiger partial charge in [0.05, 0.1) is 0 Å². The lowest BCUT2D eigenvalue weighted by Crippen LogP contribution is -1.79. The van der Waals surface area contributed by atoms with Gasteiger partial charge in [0, 0.05) is 0 Å². The molecule has 1 nitrogen and oxygen atoms in total. The van der Waals surface area contributed by atoms with Gasteiger partial charge in [-0.1, -0.05) is 78.4 Å². The highest BCUT2D eigenvalue weighted by Crippen LogP contribution is 2.11. The second kappa shape index (κ2) is 12.2. The molecule has 108 valence electrons. The predicted octanol–water partition coefficient (Wildman–Crippen LogP) is 4.97. The molecule has 20 heavy (non-hydrogen) atoms. The summed E-state index contributed by atoms with van der Waals surface area (Å²) in [6, 6.07) is 10.3. The minimum Gasteiger partial charge on any atom is -0.333 e. The van der Waals surface area contributed by atoms with E-state index in [0.29, 0.717) is 0 Å². The first-order valence-electron chi connectivity index (χ1n) is 6.98. The molecule has 0 unspecified atom stereocenters. The highest BCUT2D eigenvalue weighted by atomic mass is 14.4. The summed E-state index contributed by atoms with van der Waals surface area (Å²) in [5.41, 5.74) is 8.23. The van der Waals surface area contributed by atoms with Gasteiger partial charge in [0.15, 0.2) is 0 Å². The molecule has 2 N–H and O–H groups in total. The Bertz CT molecular complexity index is 450. The van der Waals surface area contributed by atoms with Crippen LogP contribution in [0.25, 0.3) is 0 Å². The molecule has 0 atom stereocenters. The van der Waals surface area contributed by atoms with Crippen molar-refractivity contribution in [3.63, 3.8) is 0 Å². The molecule has 0 aliphatic heterocycles. The maximum atomic E-state index is 4.50. The summed E-state index contributed by atoms with van der Waals surface area (Å²) < 4.78 is 0. The lowest BCUT2D eigenvalue weighted by Gasteiger charge is -2.00. The molecule has 1 aromatic carbocycles. The maximum absolute atomic E-state index is 4.50. The summed E-state index contributed by atoms with van der Waals surface area (Å²) >= 11 is 0. The van der Waals surface area contributed by atoms with Crippen molar-refractivity contribution in [2.75, 3.05) is 7.05 Å². The molecule has 1 aliphatic rings. The number of benzene rings is 1. The normalized spacial score (nSPS) is 12.7. The van der Waals surface area contributed by atoms with Crippen molar-refractivity contribution in [2.45, 2.75) is 26.7 Å². The third-order valence-corrected chi connectivity index (χ3v) is 2.52. The summed E-state index contributed by atoms with van der Waals surface area (Å²) in [7, 11) is 1.50. The number of hydrogen-bond donors (Lipinski definition) is 1. The van der Waals surface area contributed by atoms with E-state index >= 15 is 0 Å². The van der Waals surface area contributed by atoms with E-state index in [9.17, 15) is 0 Å². The number of hydrogen-bond acceptors (Lipinski definition) is 1. The largest absolute Gasteiger partial charge is 0.333 e. The molecule has 1 aliphatic carbocycles. The van der Waals surface area contributed by atoms with Gasteiger partial charge in [0.25, 0.3) is 0 Å². The van der Waals surface area contributed by atoms with Crippen LogP contribution >= 0.6 is 0 Å². The van der Waals surface area contributed by atoms with Crippen LogP contribution in [0.5, 0.6) is 0 Å². The van der Waals surface area contributed by atoms with E-state index in [1.54, 1.807) is 0 Å². The average molecular weight is 269 g/mol. The standard InChI is InChI=1S/C11H14.C7H8.CH5N/c1-10(2)8-9-11-6-4-3-5-7-11;1-7-5-3-2-4-6-7;1-2/h4,6-9H,1,3,5H2,2H3;2-6H,1H3;2H2,1H3/b9-8+;;. The van der Waals surface area contributed by atoms with Crippen molar-refractivity contribution in [3.8, 4) is 0 Å². The maximum Gasteiger partial charge on any atom is -0.0195 e. The van der Waals surface area contributed by atoms with E-state index in [4.69, 9.17) is 0 Å². The van der Waals surface area contributed by atoms with Crippen molar-refractivity contribution in [1.29, 1.82) is 0 Å². The van der Waals surface area contributed by atoms with Crippen LogP contribution in [0.15, 0.2) is 78.4 Å². The van der Waals surface area contributed by atoms with E-state index in [1.165, 1.54) is 31.0 Å². The molecule has 0 saturated carbocycles. The Hall–Kier alpha value is -1.86. The summed E-state index contributed by atoms with van der Waals surface area (Å²) in [5.74, 6) is 0. The molecule has 0 spiro atoms. The zero-order valence-corrected chi connectivity index (χ0v) is 13.0. The quantitative estimate of drug-likeness (QED) is 0.754. The van der Waals surface area contributed by atoms with Gasteiger partial charge in [0.1, 0.15) is 0 Å². The minimum absolute atomic E-state index is 1.10. The summed E-state index contributed by atoms with van der Waals surface area (Å²) in [6.07, 6.45) is 13.1. The topological polar surface area (TPSA) is 26.0 Å². The van der Waals surface area contributed by atoms with Gasteiger partial charge in [-0.2, -0.15) is 0 Å². The number of aryl methyl sites for hydroxylation is 1. The van der Waals surface area contributed by atoms with Crippen LogP contribution in [-0.2, 0) is 0 Å². The van der Waals surface area contributed by atoms with E-state index in [0.717, 1.165) is 5.57 Å². The Balaban J connectivity index is 0.000000345. The second-order valence-electron chi connectivity index (χ2n) is 4.52. The fraction of sp³-hybridized carbons (Fsp3) is 0.263. The van der Waals surface area contributed by atoms with Crippen molar-refractivity contribution >= 4 is 0 Å². The number of rotatable bonds is 2. The van der Waals surface area contributed by atoms with Gasteiger partial charge in [-0.15, -0.1) is 0 Å². The molecule has 0 amide bonds. The average Bonchev–Trinajstić information content (AvgIpc) is 2.50. The molecule has 1 heteroatoms. The second-order valence-corrected chi connectivity index (χ2v) is 4.52. The van der Waals surface area contributed by atoms with Gasteiger partial charge in [-0.3, -0.25) is 0 Å². The Morgan fingerprint density at radius 1 is 1.15 bits per heavy atom. The molecule has 0 saturated heterocycles. The fourth-order valence-electron chi connectivity index (χ4n) is 1.53. The Morgan fingerprint density at radius 2 is 1.80 bits per heavy atom. The molecule has 0 bridgehead atoms. The Kier molecular flexibility index (Phi) is 11.1. The SMILES string of the molecule is C=C(C)/C=C/C1=CCCC=C1.CN.Cc1ccccc1. The van der Waals surface area contributed by atoms with E-state index < -0.39 is 0 Å². The summed E-state index contributed by atoms with van der Waals surface area (Å²) in [6.45, 7) is 7.89. The first kappa shape index (κ1) is 18.1. The number of nitrogens with two attached hydrogens (primary N) is 1. The summed E-state index contributed by atoms with van der Waals surface area (Å²) in [5, 5.41) is 0. The molecule has 1 aromatic rings. The molecule has 0 radical (unpaired) electrons. The van der Waals surface area contributed by atoms with E-state index in [1.807, 2.05) is 31.2 Å². The van der Waals surface area contributed by atoms with Crippen LogP contribution in [0.4, 0.5) is 0 Å². The van der Waals surface area contributed by atoms with Crippen LogP contribution in [0.3, 0.4) is 0 Å². The highest BCUT2D eigenvalue weighted by Gasteiger charge is 1.90. The predicted molar refractivity (Wildman–Crippen MR) is 91.7 cm³/mol. The van der Waals surface area contributed by atoms with Gasteiger partial charge in [-0.05, 0) is 39.3 Å². The highest BCUT2D eigenvalue weighted by molar-refractivity contribution is 5.35. The van der Waals surface area contributed by atoms with Crippen molar-refractivity contribution in [1.82, 2.24) is 0 Å². The molecule has 0 aromatic heterocycles. The lowest BCUT2D eigenvalue weighted by atomic mass is 10.1. The first-order valence-corrected chi connectivity index (χ1v) is 6.98. The fourth-order valence-corrected chi connectivity index (χ4v) is 1.53. The van der Waals surface area contributed by atoms with Crippen molar-refractivity contribution < 1.29 is 0 Å². The Labute approximate surface area is 124 Å². The molecular formula is C19H27N. The van der Waals surface area contributed by atoms with Gasteiger partial charge in [0.2, 0.25) is 0 Å². The molecule has 0 heterocycles. The van der Waals surface area contributed by atoms with Crippen LogP contribution in [0.1, 0.15) is 25.3 Å². The van der Waals surface area contributed by atoms with E-state index in [-0.39, 0.29) is 0 Å². The lowest BCUT2D eigenvalue weighted by molar-refractivity contribution is 1.02. The minimum atomic E-state index is 1.10. The van der Waals surface area contributed by atoms with Crippen LogP contribution in [0.2, 0.25) is 0 Å². The third-order valence-electron chi connectivity index (χ3n) is 2.52. The van der Waals surface area contributed by atoms with Crippen molar-refractivity contribution in [2.24, 2.45) is 5.73 Å². The molecule has 2 rings (SSSR count). The first-order chi connectivity index (χ1) is 9.68.